The molecule has 0 aromatic carbocycles. The Balaban J connectivity index is 1.56. The fourth-order valence-corrected chi connectivity index (χ4v) is 3.91. The summed E-state index contributed by atoms with van der Waals surface area (Å²) in [4.78, 5) is 44.1. The molecule has 1 saturated carbocycles. The van der Waals surface area contributed by atoms with Crippen molar-refractivity contribution >= 4 is 17.5 Å². The molecular formula is C20H30N4O3. The minimum absolute atomic E-state index is 0.0167. The molecular weight excluding hydrogens is 344 g/mol. The summed E-state index contributed by atoms with van der Waals surface area (Å²) in [5, 5.41) is 3.02. The molecule has 2 aliphatic rings. The van der Waals surface area contributed by atoms with E-state index in [9.17, 15) is 14.4 Å². The van der Waals surface area contributed by atoms with Crippen molar-refractivity contribution in [2.45, 2.75) is 52.6 Å². The number of amides is 1. The summed E-state index contributed by atoms with van der Waals surface area (Å²) in [5.41, 5.74) is 2.66. The van der Waals surface area contributed by atoms with Crippen molar-refractivity contribution in [3.8, 4) is 0 Å². The molecule has 1 saturated heterocycles. The van der Waals surface area contributed by atoms with E-state index in [2.05, 4.69) is 20.1 Å². The second-order valence-electron chi connectivity index (χ2n) is 7.88. The normalized spacial score (nSPS) is 19.7. The van der Waals surface area contributed by atoms with Crippen LogP contribution in [0.15, 0.2) is 0 Å². The Bertz CT molecular complexity index is 743. The summed E-state index contributed by atoms with van der Waals surface area (Å²) in [5.74, 6) is 0.0957. The molecule has 2 fully saturated rings. The van der Waals surface area contributed by atoms with Gasteiger partial charge in [-0.3, -0.25) is 24.2 Å². The summed E-state index contributed by atoms with van der Waals surface area (Å²) in [7, 11) is 0. The van der Waals surface area contributed by atoms with Crippen molar-refractivity contribution in [2.24, 2.45) is 0 Å². The highest BCUT2D eigenvalue weighted by Gasteiger charge is 2.30. The number of Topliss-reactive ketones (excluding diaryl/α,β-unsaturated/α-hetero) is 2. The molecule has 2 heterocycles. The largest absolute Gasteiger partial charge is 0.355 e. The number of piperazine rings is 1. The topological polar surface area (TPSA) is 85.5 Å². The van der Waals surface area contributed by atoms with Crippen molar-refractivity contribution in [1.29, 1.82) is 0 Å². The zero-order valence-corrected chi connectivity index (χ0v) is 16.7. The molecule has 1 atom stereocenters. The van der Waals surface area contributed by atoms with Gasteiger partial charge in [0.05, 0.1) is 18.3 Å². The van der Waals surface area contributed by atoms with Crippen LogP contribution in [0.1, 0.15) is 58.8 Å². The molecule has 3 rings (SSSR count). The number of aromatic amines is 1. The van der Waals surface area contributed by atoms with Crippen LogP contribution >= 0.6 is 0 Å². The number of ketones is 2. The fraction of sp³-hybridized carbons (Fsp3) is 0.650. The van der Waals surface area contributed by atoms with Crippen molar-refractivity contribution < 1.29 is 14.4 Å². The van der Waals surface area contributed by atoms with E-state index < -0.39 is 0 Å². The lowest BCUT2D eigenvalue weighted by atomic mass is 10.0. The van der Waals surface area contributed by atoms with Crippen LogP contribution in [-0.2, 0) is 4.79 Å². The molecule has 1 aromatic heterocycles. The number of carbonyl (C=O) groups excluding carboxylic acids is 3. The van der Waals surface area contributed by atoms with Crippen LogP contribution in [0.25, 0.3) is 0 Å². The van der Waals surface area contributed by atoms with E-state index in [1.165, 1.54) is 6.92 Å². The molecule has 1 unspecified atom stereocenters. The quantitative estimate of drug-likeness (QED) is 0.703. The second kappa shape index (κ2) is 7.94. The van der Waals surface area contributed by atoms with Gasteiger partial charge in [0.2, 0.25) is 5.91 Å². The first-order valence-corrected chi connectivity index (χ1v) is 9.78. The van der Waals surface area contributed by atoms with E-state index in [4.69, 9.17) is 0 Å². The molecule has 7 heteroatoms. The van der Waals surface area contributed by atoms with Crippen LogP contribution in [-0.4, -0.2) is 77.1 Å². The molecule has 1 aliphatic heterocycles. The Morgan fingerprint density at radius 3 is 2.30 bits per heavy atom. The smallest absolute Gasteiger partial charge is 0.234 e. The number of hydrogen-bond donors (Lipinski definition) is 2. The highest BCUT2D eigenvalue weighted by atomic mass is 16.2. The van der Waals surface area contributed by atoms with Gasteiger partial charge in [-0.25, -0.2) is 0 Å². The summed E-state index contributed by atoms with van der Waals surface area (Å²) < 4.78 is 0. The van der Waals surface area contributed by atoms with Crippen LogP contribution in [0.4, 0.5) is 0 Å². The molecule has 1 aromatic rings. The second-order valence-corrected chi connectivity index (χ2v) is 7.88. The van der Waals surface area contributed by atoms with Gasteiger partial charge in [-0.15, -0.1) is 0 Å². The lowest BCUT2D eigenvalue weighted by Gasteiger charge is -2.37. The minimum atomic E-state index is -0.260. The molecule has 7 nitrogen and oxygen atoms in total. The van der Waals surface area contributed by atoms with E-state index in [0.717, 1.165) is 50.3 Å². The highest BCUT2D eigenvalue weighted by molar-refractivity contribution is 6.05. The number of H-pyrrole nitrogens is 1. The fourth-order valence-electron chi connectivity index (χ4n) is 3.91. The van der Waals surface area contributed by atoms with Gasteiger partial charge in [0, 0.05) is 43.5 Å². The predicted octanol–water partition coefficient (Wildman–Crippen LogP) is 1.30. The highest BCUT2D eigenvalue weighted by Crippen LogP contribution is 2.21. The van der Waals surface area contributed by atoms with E-state index >= 15 is 0 Å². The van der Waals surface area contributed by atoms with Gasteiger partial charge in [0.15, 0.2) is 11.6 Å². The molecule has 0 spiro atoms. The van der Waals surface area contributed by atoms with Crippen LogP contribution < -0.4 is 5.32 Å². The number of nitrogens with one attached hydrogen (secondary N) is 2. The van der Waals surface area contributed by atoms with E-state index in [0.29, 0.717) is 23.8 Å². The summed E-state index contributed by atoms with van der Waals surface area (Å²) in [6.07, 6.45) is 2.20. The number of nitrogens with zero attached hydrogens (tertiary/aromatic N) is 2. The van der Waals surface area contributed by atoms with E-state index in [1.807, 2.05) is 20.8 Å². The zero-order chi connectivity index (χ0) is 19.7. The molecule has 0 radical (unpaired) electrons. The molecule has 148 valence electrons. The van der Waals surface area contributed by atoms with Gasteiger partial charge < -0.3 is 10.3 Å². The Labute approximate surface area is 160 Å². The van der Waals surface area contributed by atoms with Crippen LogP contribution in [0.2, 0.25) is 0 Å². The Morgan fingerprint density at radius 1 is 1.15 bits per heavy atom. The molecule has 1 aliphatic carbocycles. The van der Waals surface area contributed by atoms with Crippen molar-refractivity contribution in [3.05, 3.63) is 22.5 Å². The third kappa shape index (κ3) is 4.47. The van der Waals surface area contributed by atoms with Gasteiger partial charge in [0.25, 0.3) is 0 Å². The molecule has 27 heavy (non-hydrogen) atoms. The van der Waals surface area contributed by atoms with Gasteiger partial charge >= 0.3 is 0 Å². The summed E-state index contributed by atoms with van der Waals surface area (Å²) in [6.45, 7) is 10.6. The first kappa shape index (κ1) is 19.8. The molecule has 2 N–H and O–H groups in total. The van der Waals surface area contributed by atoms with Crippen molar-refractivity contribution in [2.75, 3.05) is 32.7 Å². The van der Waals surface area contributed by atoms with Crippen LogP contribution in [0.5, 0.6) is 0 Å². The van der Waals surface area contributed by atoms with Gasteiger partial charge in [-0.1, -0.05) is 0 Å². The number of aromatic nitrogens is 1. The Hall–Kier alpha value is -1.99. The monoisotopic (exact) mass is 374 g/mol. The van der Waals surface area contributed by atoms with Gasteiger partial charge in [0.1, 0.15) is 0 Å². The average molecular weight is 374 g/mol. The summed E-state index contributed by atoms with van der Waals surface area (Å²) in [6, 6.07) is 0.132. The first-order chi connectivity index (χ1) is 12.8. The average Bonchev–Trinajstić information content (AvgIpc) is 3.37. The SMILES string of the molecule is CC(=O)c1c(C)[nH]c(C(=O)C(C)N2CCN(CC(=O)NC3CC3)CC2)c1C. The van der Waals surface area contributed by atoms with E-state index in [1.54, 1.807) is 0 Å². The third-order valence-corrected chi connectivity index (χ3v) is 5.68. The number of carbonyl (C=O) groups is 3. The summed E-state index contributed by atoms with van der Waals surface area (Å²) >= 11 is 0. The maximum Gasteiger partial charge on any atom is 0.234 e. The third-order valence-electron chi connectivity index (χ3n) is 5.68. The molecule has 1 amide bonds. The zero-order valence-electron chi connectivity index (χ0n) is 16.7. The van der Waals surface area contributed by atoms with Crippen LogP contribution in [0, 0.1) is 13.8 Å². The van der Waals surface area contributed by atoms with Gasteiger partial charge in [-0.2, -0.15) is 0 Å². The lowest BCUT2D eigenvalue weighted by Crippen LogP contribution is -2.53. The number of hydrogen-bond acceptors (Lipinski definition) is 5. The molecule has 0 bridgehead atoms. The lowest BCUT2D eigenvalue weighted by molar-refractivity contribution is -0.122. The van der Waals surface area contributed by atoms with E-state index in [-0.39, 0.29) is 23.5 Å². The number of aryl methyl sites for hydroxylation is 1. The maximum atomic E-state index is 13.0. The predicted molar refractivity (Wildman–Crippen MR) is 103 cm³/mol. The maximum absolute atomic E-state index is 13.0. The van der Waals surface area contributed by atoms with Crippen LogP contribution in [0.3, 0.4) is 0 Å². The number of rotatable bonds is 7. The Kier molecular flexibility index (Phi) is 5.81. The van der Waals surface area contributed by atoms with Crippen molar-refractivity contribution in [3.63, 3.8) is 0 Å². The first-order valence-electron chi connectivity index (χ1n) is 9.78. The standard InChI is InChI=1S/C20H30N4O3/c1-12-18(15(4)25)13(2)21-19(12)20(27)14(3)24-9-7-23(8-10-24)11-17(26)22-16-5-6-16/h14,16,21H,5-11H2,1-4H3,(H,22,26). The van der Waals surface area contributed by atoms with Crippen molar-refractivity contribution in [1.82, 2.24) is 20.1 Å². The Morgan fingerprint density at radius 2 is 1.78 bits per heavy atom. The van der Waals surface area contributed by atoms with Gasteiger partial charge in [-0.05, 0) is 46.1 Å². The minimum Gasteiger partial charge on any atom is -0.355 e.